The Balaban J connectivity index is 0.000000437. The third-order valence-corrected chi connectivity index (χ3v) is 2.51. The van der Waals surface area contributed by atoms with E-state index in [4.69, 9.17) is 18.6 Å². The van der Waals surface area contributed by atoms with Crippen molar-refractivity contribution in [3.05, 3.63) is 5.21 Å². The van der Waals surface area contributed by atoms with Crippen molar-refractivity contribution in [1.82, 2.24) is 0 Å². The molecule has 0 aliphatic carbocycles. The Morgan fingerprint density at radius 2 is 1.24 bits per heavy atom. The maximum atomic E-state index is 11.8. The van der Waals surface area contributed by atoms with Crippen molar-refractivity contribution in [1.29, 1.82) is 0 Å². The van der Waals surface area contributed by atoms with Crippen molar-refractivity contribution in [2.75, 3.05) is 0 Å². The molecule has 1 heterocycles. The van der Waals surface area contributed by atoms with E-state index < -0.39 is 21.3 Å². The lowest BCUT2D eigenvalue weighted by atomic mass is 9.81. The van der Waals surface area contributed by atoms with E-state index >= 15 is 0 Å². The number of quaternary nitrogens is 1. The quantitative estimate of drug-likeness (QED) is 0.441. The van der Waals surface area contributed by atoms with Crippen molar-refractivity contribution in [2.45, 2.75) is 51.6 Å². The predicted molar refractivity (Wildman–Crippen MR) is 46.7 cm³/mol. The summed E-state index contributed by atoms with van der Waals surface area (Å²) < 4.78 is 34.0. The first kappa shape index (κ1) is 16.7. The molecule has 0 amide bonds. The van der Waals surface area contributed by atoms with Crippen LogP contribution in [0.3, 0.4) is 0 Å². The monoisotopic (exact) mass is 270 g/mol. The molecule has 0 aromatic rings. The van der Waals surface area contributed by atoms with E-state index in [1.807, 2.05) is 27.7 Å². The van der Waals surface area contributed by atoms with Crippen LogP contribution in [0.25, 0.3) is 0 Å². The van der Waals surface area contributed by atoms with Gasteiger partial charge >= 0.3 is 0 Å². The fraction of sp³-hybridized carbons (Fsp3) is 0.889. The molecule has 0 aromatic carbocycles. The first-order valence-electron chi connectivity index (χ1n) is 4.94. The van der Waals surface area contributed by atoms with Gasteiger partial charge in [0.15, 0.2) is 0 Å². The minimum Gasteiger partial charge on any atom is -0.634 e. The molecule has 1 saturated heterocycles. The van der Waals surface area contributed by atoms with Crippen molar-refractivity contribution in [3.63, 3.8) is 0 Å². The lowest BCUT2D eigenvalue weighted by Crippen LogP contribution is -3.23. The van der Waals surface area contributed by atoms with Crippen LogP contribution in [0, 0.1) is 15.5 Å². The molecule has 0 atom stereocenters. The van der Waals surface area contributed by atoms with Crippen LogP contribution in [0.4, 0.5) is 0 Å². The van der Waals surface area contributed by atoms with Gasteiger partial charge in [-0.05, 0) is 27.7 Å². The molecule has 0 spiro atoms. The Labute approximate surface area is 102 Å². The second kappa shape index (κ2) is 5.15. The van der Waals surface area contributed by atoms with E-state index in [2.05, 4.69) is 0 Å². The summed E-state index contributed by atoms with van der Waals surface area (Å²) in [7, 11) is -4.94. The summed E-state index contributed by atoms with van der Waals surface area (Å²) in [6, 6.07) is 0. The Bertz CT molecular complexity index is 260. The summed E-state index contributed by atoms with van der Waals surface area (Å²) >= 11 is 0. The number of Topliss-reactive ketones (excluding diaryl/α,β-unsaturated/α-hetero) is 1. The Morgan fingerprint density at radius 3 is 1.47 bits per heavy atom. The lowest BCUT2D eigenvalue weighted by molar-refractivity contribution is -2.00. The maximum absolute atomic E-state index is 11.8. The molecule has 0 bridgehead atoms. The van der Waals surface area contributed by atoms with Gasteiger partial charge in [0.25, 0.3) is 0 Å². The number of hydroxylamine groups is 2. The molecule has 0 unspecified atom stereocenters. The molecular formula is C9H17ClNO6-. The van der Waals surface area contributed by atoms with Gasteiger partial charge in [-0.25, -0.2) is 18.6 Å². The molecule has 1 aliphatic heterocycles. The van der Waals surface area contributed by atoms with E-state index in [9.17, 15) is 10.0 Å². The highest BCUT2D eigenvalue weighted by Crippen LogP contribution is 2.19. The summed E-state index contributed by atoms with van der Waals surface area (Å²) in [6.07, 6.45) is 0.824. The molecule has 1 N–H and O–H groups in total. The average molecular weight is 271 g/mol. The van der Waals surface area contributed by atoms with Crippen LogP contribution in [0.1, 0.15) is 40.5 Å². The van der Waals surface area contributed by atoms with Crippen LogP contribution in [-0.4, -0.2) is 16.9 Å². The second-order valence-electron chi connectivity index (χ2n) is 5.37. The Kier molecular flexibility index (Phi) is 5.06. The van der Waals surface area contributed by atoms with Gasteiger partial charge in [0.1, 0.15) is 5.78 Å². The normalized spacial score (nSPS) is 23.9. The molecule has 1 rings (SSSR count). The highest BCUT2D eigenvalue weighted by Gasteiger charge is 2.44. The number of halogens is 1. The number of ketones is 1. The van der Waals surface area contributed by atoms with Crippen LogP contribution in [0.15, 0.2) is 0 Å². The molecule has 0 saturated carbocycles. The van der Waals surface area contributed by atoms with E-state index in [0.717, 1.165) is 0 Å². The molecule has 7 nitrogen and oxygen atoms in total. The van der Waals surface area contributed by atoms with Crippen LogP contribution in [0.2, 0.25) is 0 Å². The predicted octanol–water partition coefficient (Wildman–Crippen LogP) is -4.47. The Hall–Kier alpha value is -0.280. The van der Waals surface area contributed by atoms with E-state index in [-0.39, 0.29) is 10.8 Å². The number of rotatable bonds is 0. The number of nitrogens with one attached hydrogen (secondary N) is 1. The minimum atomic E-state index is -4.94. The fourth-order valence-corrected chi connectivity index (χ4v) is 2.12. The minimum absolute atomic E-state index is 0.213. The standard InChI is InChI=1S/C9H17NO2.ClHO4/c1-8(2)5-7(11)6-9(3,4)10(8)12;2-1(3,4)5/h10H,5-6H2,1-4H3;(H,2,3,4,5)/p-1. The van der Waals surface area contributed by atoms with Gasteiger partial charge in [-0.15, -0.1) is 10.2 Å². The number of hydrogen-bond donors (Lipinski definition) is 1. The molecule has 1 fully saturated rings. The topological polar surface area (TPSA) is 137 Å². The summed E-state index contributed by atoms with van der Waals surface area (Å²) in [6.45, 7) is 7.42. The second-order valence-corrected chi connectivity index (χ2v) is 6.12. The van der Waals surface area contributed by atoms with Crippen LogP contribution < -0.4 is 23.7 Å². The molecule has 17 heavy (non-hydrogen) atoms. The molecular weight excluding hydrogens is 254 g/mol. The van der Waals surface area contributed by atoms with Crippen LogP contribution in [-0.2, 0) is 4.79 Å². The van der Waals surface area contributed by atoms with Gasteiger partial charge in [0.2, 0.25) is 0 Å². The van der Waals surface area contributed by atoms with Gasteiger partial charge in [-0.2, -0.15) is 0 Å². The third kappa shape index (κ3) is 6.27. The maximum Gasteiger partial charge on any atom is 0.145 e. The first-order chi connectivity index (χ1) is 7.26. The van der Waals surface area contributed by atoms with E-state index in [1.54, 1.807) is 0 Å². The number of hydrogen-bond acceptors (Lipinski definition) is 6. The van der Waals surface area contributed by atoms with Gasteiger partial charge in [0, 0.05) is 0 Å². The molecule has 8 heteroatoms. The van der Waals surface area contributed by atoms with E-state index in [1.165, 1.54) is 0 Å². The van der Waals surface area contributed by atoms with Crippen LogP contribution >= 0.6 is 0 Å². The van der Waals surface area contributed by atoms with E-state index in [0.29, 0.717) is 12.8 Å². The SMILES string of the molecule is CC1(C)CC(=O)CC(C)(C)[NH+]1[O-].[O-][Cl+3]([O-])([O-])[O-]. The van der Waals surface area contributed by atoms with Gasteiger partial charge in [0.05, 0.1) is 23.9 Å². The van der Waals surface area contributed by atoms with Crippen molar-refractivity contribution in [3.8, 4) is 0 Å². The molecule has 102 valence electrons. The van der Waals surface area contributed by atoms with Crippen LogP contribution in [0.5, 0.6) is 0 Å². The van der Waals surface area contributed by atoms with Crippen molar-refractivity contribution in [2.24, 2.45) is 0 Å². The molecule has 0 radical (unpaired) electrons. The fourth-order valence-electron chi connectivity index (χ4n) is 2.12. The zero-order valence-electron chi connectivity index (χ0n) is 10.2. The molecule has 1 aliphatic rings. The summed E-state index contributed by atoms with van der Waals surface area (Å²) in [5.41, 5.74) is -0.891. The zero-order chi connectivity index (χ0) is 14.1. The third-order valence-electron chi connectivity index (χ3n) is 2.51. The largest absolute Gasteiger partial charge is 0.634 e. The van der Waals surface area contributed by atoms with Gasteiger partial charge < -0.3 is 10.3 Å². The summed E-state index contributed by atoms with van der Waals surface area (Å²) in [5, 5.41) is 12.0. The summed E-state index contributed by atoms with van der Waals surface area (Å²) in [5.74, 6) is 0.213. The van der Waals surface area contributed by atoms with Crippen molar-refractivity contribution < 1.29 is 38.7 Å². The number of piperidine rings is 1. The lowest BCUT2D eigenvalue weighted by Gasteiger charge is -2.51. The van der Waals surface area contributed by atoms with Gasteiger partial charge in [-0.1, -0.05) is 0 Å². The average Bonchev–Trinajstić information content (AvgIpc) is 1.94. The summed E-state index contributed by atoms with van der Waals surface area (Å²) in [4.78, 5) is 11.3. The number of carbonyl (C=O) groups excluding carboxylic acids is 1. The number of carbonyl (C=O) groups is 1. The Morgan fingerprint density at radius 1 is 1.00 bits per heavy atom. The smallest absolute Gasteiger partial charge is 0.145 e. The first-order valence-corrected chi connectivity index (χ1v) is 6.17. The zero-order valence-corrected chi connectivity index (χ0v) is 11.0. The highest BCUT2D eigenvalue weighted by atomic mass is 35.7. The van der Waals surface area contributed by atoms with Crippen molar-refractivity contribution >= 4 is 5.78 Å². The molecule has 0 aromatic heterocycles. The highest BCUT2D eigenvalue weighted by molar-refractivity contribution is 5.80. The van der Waals surface area contributed by atoms with Gasteiger partial charge in [-0.3, -0.25) is 4.79 Å².